The quantitative estimate of drug-likeness (QED) is 0.798. The van der Waals surface area contributed by atoms with Gasteiger partial charge in [0.15, 0.2) is 0 Å². The van der Waals surface area contributed by atoms with Gasteiger partial charge in [-0.3, -0.25) is 14.7 Å². The van der Waals surface area contributed by atoms with E-state index in [9.17, 15) is 4.79 Å². The second-order valence-corrected chi connectivity index (χ2v) is 6.35. The molecule has 0 bridgehead atoms. The molecule has 23 heavy (non-hydrogen) atoms. The zero-order valence-electron chi connectivity index (χ0n) is 13.7. The number of carbonyl (C=O) groups excluding carboxylic acids is 1. The van der Waals surface area contributed by atoms with Crippen LogP contribution in [0.15, 0.2) is 30.6 Å². The van der Waals surface area contributed by atoms with Gasteiger partial charge in [0.25, 0.3) is 0 Å². The molecule has 2 saturated heterocycles. The van der Waals surface area contributed by atoms with Crippen molar-refractivity contribution in [2.75, 3.05) is 32.8 Å². The van der Waals surface area contributed by atoms with Gasteiger partial charge in [0.2, 0.25) is 5.91 Å². The van der Waals surface area contributed by atoms with Gasteiger partial charge in [-0.1, -0.05) is 0 Å². The predicted octanol–water partition coefficient (Wildman–Crippen LogP) is 1.81. The Bertz CT molecular complexity index is 538. The van der Waals surface area contributed by atoms with Crippen LogP contribution < -0.4 is 0 Å². The maximum atomic E-state index is 12.3. The van der Waals surface area contributed by atoms with Crippen LogP contribution in [0.1, 0.15) is 25.3 Å². The van der Waals surface area contributed by atoms with E-state index < -0.39 is 0 Å². The van der Waals surface area contributed by atoms with Gasteiger partial charge >= 0.3 is 0 Å². The highest BCUT2D eigenvalue weighted by Gasteiger charge is 2.28. The summed E-state index contributed by atoms with van der Waals surface area (Å²) >= 11 is 0. The molecule has 0 spiro atoms. The van der Waals surface area contributed by atoms with Crippen LogP contribution in [0.4, 0.5) is 0 Å². The lowest BCUT2D eigenvalue weighted by Crippen LogP contribution is -2.51. The predicted molar refractivity (Wildman–Crippen MR) is 89.9 cm³/mol. The van der Waals surface area contributed by atoms with E-state index in [2.05, 4.69) is 16.8 Å². The Kier molecular flexibility index (Phi) is 5.41. The summed E-state index contributed by atoms with van der Waals surface area (Å²) in [6.07, 6.45) is 9.44. The monoisotopic (exact) mass is 315 g/mol. The van der Waals surface area contributed by atoms with E-state index in [1.54, 1.807) is 18.5 Å². The number of amides is 1. The van der Waals surface area contributed by atoms with Gasteiger partial charge in [0, 0.05) is 50.7 Å². The van der Waals surface area contributed by atoms with Crippen LogP contribution in [0, 0.1) is 0 Å². The van der Waals surface area contributed by atoms with E-state index in [1.807, 2.05) is 23.1 Å². The fraction of sp³-hybridized carbons (Fsp3) is 0.556. The number of hydrogen-bond acceptors (Lipinski definition) is 4. The van der Waals surface area contributed by atoms with E-state index in [1.165, 1.54) is 0 Å². The summed E-state index contributed by atoms with van der Waals surface area (Å²) in [5, 5.41) is 0. The van der Waals surface area contributed by atoms with E-state index in [0.29, 0.717) is 12.1 Å². The van der Waals surface area contributed by atoms with Gasteiger partial charge in [-0.2, -0.15) is 0 Å². The van der Waals surface area contributed by atoms with E-state index >= 15 is 0 Å². The van der Waals surface area contributed by atoms with Crippen LogP contribution in [0.25, 0.3) is 6.08 Å². The maximum Gasteiger partial charge on any atom is 0.246 e. The Balaban J connectivity index is 1.48. The molecule has 0 unspecified atom stereocenters. The number of ether oxygens (including phenoxy) is 1. The van der Waals surface area contributed by atoms with Crippen molar-refractivity contribution in [3.05, 3.63) is 36.2 Å². The van der Waals surface area contributed by atoms with Crippen molar-refractivity contribution in [3.63, 3.8) is 0 Å². The van der Waals surface area contributed by atoms with Crippen molar-refractivity contribution in [2.24, 2.45) is 0 Å². The number of hydrogen-bond donors (Lipinski definition) is 0. The standard InChI is InChI=1S/C18H25N3O2/c1-15-14-21(12-13-23-15)17-6-10-20(11-7-17)18(22)3-2-16-4-8-19-9-5-16/h2-5,8-9,15,17H,6-7,10-14H2,1H3/b3-2+/t15-/m0/s1. The molecule has 1 amide bonds. The third kappa shape index (κ3) is 4.39. The number of carbonyl (C=O) groups is 1. The third-order valence-electron chi connectivity index (χ3n) is 4.69. The smallest absolute Gasteiger partial charge is 0.246 e. The molecular formula is C18H25N3O2. The van der Waals surface area contributed by atoms with Gasteiger partial charge in [-0.05, 0) is 43.5 Å². The number of morpholine rings is 1. The minimum absolute atomic E-state index is 0.107. The molecule has 3 rings (SSSR count). The SMILES string of the molecule is C[C@H]1CN(C2CCN(C(=O)/C=C/c3ccncc3)CC2)CCO1. The lowest BCUT2D eigenvalue weighted by molar-refractivity contribution is -0.128. The van der Waals surface area contributed by atoms with Crippen LogP contribution in [-0.2, 0) is 9.53 Å². The molecule has 124 valence electrons. The number of piperidine rings is 1. The molecule has 2 aliphatic rings. The Hall–Kier alpha value is -1.72. The first-order valence-electron chi connectivity index (χ1n) is 8.45. The van der Waals surface area contributed by atoms with Gasteiger partial charge in [-0.15, -0.1) is 0 Å². The summed E-state index contributed by atoms with van der Waals surface area (Å²) in [5.74, 6) is 0.107. The van der Waals surface area contributed by atoms with Crippen LogP contribution in [0.5, 0.6) is 0 Å². The van der Waals surface area contributed by atoms with Crippen LogP contribution >= 0.6 is 0 Å². The summed E-state index contributed by atoms with van der Waals surface area (Å²) < 4.78 is 5.61. The van der Waals surface area contributed by atoms with Crippen LogP contribution in [0.2, 0.25) is 0 Å². The molecule has 2 fully saturated rings. The Morgan fingerprint density at radius 3 is 2.70 bits per heavy atom. The summed E-state index contributed by atoms with van der Waals surface area (Å²) in [6, 6.07) is 4.39. The lowest BCUT2D eigenvalue weighted by Gasteiger charge is -2.41. The Labute approximate surface area is 137 Å². The normalized spacial score (nSPS) is 24.2. The van der Waals surface area contributed by atoms with E-state index in [4.69, 9.17) is 4.74 Å². The lowest BCUT2D eigenvalue weighted by atomic mass is 10.0. The van der Waals surface area contributed by atoms with Crippen molar-refractivity contribution in [2.45, 2.75) is 31.9 Å². The Morgan fingerprint density at radius 1 is 1.26 bits per heavy atom. The molecular weight excluding hydrogens is 290 g/mol. The van der Waals surface area contributed by atoms with E-state index in [0.717, 1.165) is 51.2 Å². The highest BCUT2D eigenvalue weighted by Crippen LogP contribution is 2.19. The minimum Gasteiger partial charge on any atom is -0.376 e. The highest BCUT2D eigenvalue weighted by molar-refractivity contribution is 5.91. The molecule has 0 saturated carbocycles. The first kappa shape index (κ1) is 16.1. The zero-order valence-corrected chi connectivity index (χ0v) is 13.7. The molecule has 5 heteroatoms. The third-order valence-corrected chi connectivity index (χ3v) is 4.69. The number of aromatic nitrogens is 1. The number of nitrogens with zero attached hydrogens (tertiary/aromatic N) is 3. The molecule has 0 radical (unpaired) electrons. The van der Waals surface area contributed by atoms with Gasteiger partial charge in [0.05, 0.1) is 12.7 Å². The van der Waals surface area contributed by atoms with Crippen molar-refractivity contribution in [1.82, 2.24) is 14.8 Å². The molecule has 0 aromatic carbocycles. The highest BCUT2D eigenvalue weighted by atomic mass is 16.5. The van der Waals surface area contributed by atoms with Gasteiger partial charge < -0.3 is 9.64 Å². The molecule has 3 heterocycles. The first-order chi connectivity index (χ1) is 11.2. The fourth-order valence-corrected chi connectivity index (χ4v) is 3.38. The summed E-state index contributed by atoms with van der Waals surface area (Å²) in [6.45, 7) is 6.68. The zero-order chi connectivity index (χ0) is 16.1. The number of pyridine rings is 1. The van der Waals surface area contributed by atoms with Crippen molar-refractivity contribution in [1.29, 1.82) is 0 Å². The van der Waals surface area contributed by atoms with Crippen LogP contribution in [-0.4, -0.2) is 65.6 Å². The molecule has 1 atom stereocenters. The van der Waals surface area contributed by atoms with Crippen LogP contribution in [0.3, 0.4) is 0 Å². The van der Waals surface area contributed by atoms with Crippen molar-refractivity contribution >= 4 is 12.0 Å². The first-order valence-corrected chi connectivity index (χ1v) is 8.45. The molecule has 5 nitrogen and oxygen atoms in total. The number of rotatable bonds is 3. The second-order valence-electron chi connectivity index (χ2n) is 6.35. The topological polar surface area (TPSA) is 45.7 Å². The maximum absolute atomic E-state index is 12.3. The van der Waals surface area contributed by atoms with Gasteiger partial charge in [0.1, 0.15) is 0 Å². The average Bonchev–Trinajstić information content (AvgIpc) is 2.61. The minimum atomic E-state index is 0.107. The molecule has 2 aliphatic heterocycles. The molecule has 0 N–H and O–H groups in total. The van der Waals surface area contributed by atoms with Gasteiger partial charge in [-0.25, -0.2) is 0 Å². The summed E-state index contributed by atoms with van der Waals surface area (Å²) in [4.78, 5) is 20.8. The molecule has 1 aromatic rings. The second kappa shape index (κ2) is 7.70. The van der Waals surface area contributed by atoms with Crippen molar-refractivity contribution < 1.29 is 9.53 Å². The fourth-order valence-electron chi connectivity index (χ4n) is 3.38. The molecule has 0 aliphatic carbocycles. The average molecular weight is 315 g/mol. The number of likely N-dealkylation sites (tertiary alicyclic amines) is 1. The Morgan fingerprint density at radius 2 is 2.00 bits per heavy atom. The van der Waals surface area contributed by atoms with E-state index in [-0.39, 0.29) is 5.91 Å². The molecule has 1 aromatic heterocycles. The summed E-state index contributed by atoms with van der Waals surface area (Å²) in [7, 11) is 0. The largest absolute Gasteiger partial charge is 0.376 e. The van der Waals surface area contributed by atoms with Crippen molar-refractivity contribution in [3.8, 4) is 0 Å². The summed E-state index contributed by atoms with van der Waals surface area (Å²) in [5.41, 5.74) is 1.01.